The van der Waals surface area contributed by atoms with Gasteiger partial charge in [0.05, 0.1) is 11.2 Å². The van der Waals surface area contributed by atoms with Crippen LogP contribution < -0.4 is 4.90 Å². The van der Waals surface area contributed by atoms with Gasteiger partial charge in [-0.1, -0.05) is 97.1 Å². The van der Waals surface area contributed by atoms with Crippen molar-refractivity contribution in [1.29, 1.82) is 0 Å². The monoisotopic (exact) mass is 477 g/mol. The zero-order chi connectivity index (χ0) is 25.5. The molecule has 6 rings (SSSR count). The fourth-order valence-electron chi connectivity index (χ4n) is 4.70. The normalized spacial score (nSPS) is 14.3. The number of hydrogen-bond donors (Lipinski definition) is 0. The molecule has 178 valence electrons. The second kappa shape index (κ2) is 11.2. The topological polar surface area (TPSA) is 29.0 Å². The minimum atomic E-state index is 0.836. The third-order valence-corrected chi connectivity index (χ3v) is 6.50. The Morgan fingerprint density at radius 2 is 1.27 bits per heavy atom. The van der Waals surface area contributed by atoms with Gasteiger partial charge in [0.2, 0.25) is 0 Å². The molecule has 37 heavy (non-hydrogen) atoms. The summed E-state index contributed by atoms with van der Waals surface area (Å²) in [5.74, 6) is 0. The first-order valence-electron chi connectivity index (χ1n) is 12.3. The number of fused-ring (bicyclic) bond motifs is 2. The second-order valence-corrected chi connectivity index (χ2v) is 8.66. The molecule has 0 spiro atoms. The van der Waals surface area contributed by atoms with Crippen LogP contribution in [0.3, 0.4) is 0 Å². The van der Waals surface area contributed by atoms with Gasteiger partial charge in [-0.25, -0.2) is 9.97 Å². The van der Waals surface area contributed by atoms with Gasteiger partial charge in [-0.05, 0) is 47.4 Å². The molecule has 1 aromatic heterocycles. The van der Waals surface area contributed by atoms with Crippen molar-refractivity contribution in [2.24, 2.45) is 0 Å². The number of allylic oxidation sites excluding steroid dienone is 3. The summed E-state index contributed by atoms with van der Waals surface area (Å²) in [5, 5.41) is 1.07. The number of terminal acetylenes is 1. The van der Waals surface area contributed by atoms with Gasteiger partial charge in [0, 0.05) is 28.9 Å². The Morgan fingerprint density at radius 3 is 2.08 bits per heavy atom. The maximum atomic E-state index is 4.56. The lowest BCUT2D eigenvalue weighted by molar-refractivity contribution is 1.07. The number of nitrogens with zero attached hydrogens (tertiary/aromatic N) is 3. The van der Waals surface area contributed by atoms with Gasteiger partial charge in [-0.2, -0.15) is 0 Å². The summed E-state index contributed by atoms with van der Waals surface area (Å²) in [6.45, 7) is 0.836. The van der Waals surface area contributed by atoms with Crippen LogP contribution in [-0.4, -0.2) is 16.5 Å². The maximum Gasteiger partial charge on any atom is 0.116 e. The molecule has 0 bridgehead atoms. The minimum Gasteiger partial charge on any atom is -0.337 e. The van der Waals surface area contributed by atoms with Crippen LogP contribution in [0.25, 0.3) is 33.3 Å². The molecule has 0 fully saturated rings. The highest BCUT2D eigenvalue weighted by molar-refractivity contribution is 5.92. The SMILES string of the molecule is C#C.C1=C\Cc2ccccc2N(c2ccc(-c3ccc(-c4ncnc5ccccc45)cc3)cc2)C\C=C/1. The lowest BCUT2D eigenvalue weighted by atomic mass is 10.0. The van der Waals surface area contributed by atoms with E-state index in [-0.39, 0.29) is 0 Å². The van der Waals surface area contributed by atoms with E-state index < -0.39 is 0 Å². The first-order chi connectivity index (χ1) is 18.4. The number of para-hydroxylation sites is 2. The summed E-state index contributed by atoms with van der Waals surface area (Å²) in [7, 11) is 0. The lowest BCUT2D eigenvalue weighted by Crippen LogP contribution is -2.18. The molecular formula is C34H27N3. The molecule has 4 aromatic carbocycles. The Morgan fingerprint density at radius 1 is 0.622 bits per heavy atom. The molecule has 0 radical (unpaired) electrons. The number of benzene rings is 4. The summed E-state index contributed by atoms with van der Waals surface area (Å²) in [4.78, 5) is 11.3. The van der Waals surface area contributed by atoms with Gasteiger partial charge in [0.1, 0.15) is 6.33 Å². The summed E-state index contributed by atoms with van der Waals surface area (Å²) < 4.78 is 0. The minimum absolute atomic E-state index is 0.836. The van der Waals surface area contributed by atoms with Crippen LogP contribution in [0.5, 0.6) is 0 Å². The van der Waals surface area contributed by atoms with Gasteiger partial charge in [0.25, 0.3) is 0 Å². The van der Waals surface area contributed by atoms with Crippen molar-refractivity contribution in [1.82, 2.24) is 9.97 Å². The van der Waals surface area contributed by atoms with Crippen LogP contribution in [0.1, 0.15) is 5.56 Å². The molecule has 3 heteroatoms. The number of hydrogen-bond acceptors (Lipinski definition) is 3. The van der Waals surface area contributed by atoms with Crippen molar-refractivity contribution in [3.8, 4) is 35.2 Å². The zero-order valence-electron chi connectivity index (χ0n) is 20.5. The van der Waals surface area contributed by atoms with Crippen LogP contribution >= 0.6 is 0 Å². The third-order valence-electron chi connectivity index (χ3n) is 6.50. The Kier molecular flexibility index (Phi) is 7.20. The molecule has 0 saturated carbocycles. The molecule has 3 nitrogen and oxygen atoms in total. The van der Waals surface area contributed by atoms with Crippen LogP contribution in [0.2, 0.25) is 0 Å². The van der Waals surface area contributed by atoms with Crippen LogP contribution in [-0.2, 0) is 6.42 Å². The van der Waals surface area contributed by atoms with Gasteiger partial charge >= 0.3 is 0 Å². The molecule has 5 aromatic rings. The van der Waals surface area contributed by atoms with E-state index in [4.69, 9.17) is 0 Å². The molecule has 0 amide bonds. The first kappa shape index (κ1) is 23.8. The average Bonchev–Trinajstić information content (AvgIpc) is 3.09. The highest BCUT2D eigenvalue weighted by atomic mass is 15.1. The molecule has 0 atom stereocenters. The number of rotatable bonds is 3. The fraction of sp³-hybridized carbons (Fsp3) is 0.0588. The largest absolute Gasteiger partial charge is 0.337 e. The van der Waals surface area contributed by atoms with Gasteiger partial charge in [0.15, 0.2) is 0 Å². The Labute approximate surface area is 218 Å². The maximum absolute atomic E-state index is 4.56. The highest BCUT2D eigenvalue weighted by Gasteiger charge is 2.13. The van der Waals surface area contributed by atoms with Crippen LogP contribution in [0, 0.1) is 12.8 Å². The molecule has 0 unspecified atom stereocenters. The van der Waals surface area contributed by atoms with E-state index in [0.717, 1.165) is 35.1 Å². The molecule has 1 aliphatic rings. The Hall–Kier alpha value is -4.94. The van der Waals surface area contributed by atoms with E-state index in [0.29, 0.717) is 0 Å². The zero-order valence-corrected chi connectivity index (χ0v) is 20.5. The van der Waals surface area contributed by atoms with Gasteiger partial charge in [-0.3, -0.25) is 0 Å². The standard InChI is InChI=1S/C32H25N3.C2H2/c1-2-8-22-35(31-13-7-4-10-26(31)9-3-1)28-20-18-25(19-21-28)24-14-16-27(17-15-24)32-29-11-5-6-12-30(29)33-23-34-32;1-2/h1-8,10-21,23H,9,22H2;1-2H/b3-1-,8-2-;. The van der Waals surface area contributed by atoms with Gasteiger partial charge in [-0.15, -0.1) is 12.8 Å². The third kappa shape index (κ3) is 5.05. The van der Waals surface area contributed by atoms with E-state index >= 15 is 0 Å². The lowest BCUT2D eigenvalue weighted by Gasteiger charge is -2.26. The first-order valence-corrected chi connectivity index (χ1v) is 12.3. The van der Waals surface area contributed by atoms with Crippen molar-refractivity contribution in [2.45, 2.75) is 6.42 Å². The predicted molar refractivity (Wildman–Crippen MR) is 156 cm³/mol. The second-order valence-electron chi connectivity index (χ2n) is 8.66. The molecule has 1 aliphatic heterocycles. The molecule has 2 heterocycles. The van der Waals surface area contributed by atoms with E-state index in [2.05, 4.69) is 131 Å². The molecular weight excluding hydrogens is 450 g/mol. The van der Waals surface area contributed by atoms with Crippen molar-refractivity contribution in [2.75, 3.05) is 11.4 Å². The van der Waals surface area contributed by atoms with Crippen LogP contribution in [0.15, 0.2) is 128 Å². The average molecular weight is 478 g/mol. The van der Waals surface area contributed by atoms with Crippen molar-refractivity contribution < 1.29 is 0 Å². The van der Waals surface area contributed by atoms with E-state index in [1.807, 2.05) is 18.2 Å². The van der Waals surface area contributed by atoms with Crippen molar-refractivity contribution >= 4 is 22.3 Å². The summed E-state index contributed by atoms with van der Waals surface area (Å²) in [5.41, 5.74) is 9.20. The summed E-state index contributed by atoms with van der Waals surface area (Å²) in [6, 6.07) is 34.3. The molecule has 0 saturated heterocycles. The smallest absolute Gasteiger partial charge is 0.116 e. The van der Waals surface area contributed by atoms with Gasteiger partial charge < -0.3 is 4.90 Å². The fourth-order valence-corrected chi connectivity index (χ4v) is 4.70. The predicted octanol–water partition coefficient (Wildman–Crippen LogP) is 8.02. The van der Waals surface area contributed by atoms with Crippen molar-refractivity contribution in [3.05, 3.63) is 133 Å². The molecule has 0 aliphatic carbocycles. The summed E-state index contributed by atoms with van der Waals surface area (Å²) >= 11 is 0. The quantitative estimate of drug-likeness (QED) is 0.246. The Balaban J connectivity index is 0.00000137. The van der Waals surface area contributed by atoms with Crippen molar-refractivity contribution in [3.63, 3.8) is 0 Å². The Bertz CT molecular complexity index is 1570. The highest BCUT2D eigenvalue weighted by Crippen LogP contribution is 2.32. The van der Waals surface area contributed by atoms with E-state index in [9.17, 15) is 0 Å². The van der Waals surface area contributed by atoms with E-state index in [1.54, 1.807) is 6.33 Å². The molecule has 0 N–H and O–H groups in total. The number of aromatic nitrogens is 2. The number of anilines is 2. The van der Waals surface area contributed by atoms with Crippen LogP contribution in [0.4, 0.5) is 11.4 Å². The van der Waals surface area contributed by atoms with E-state index in [1.165, 1.54) is 28.1 Å². The summed E-state index contributed by atoms with van der Waals surface area (Å²) in [6.07, 6.45) is 19.3.